The number of nitrogens with two attached hydrogens (primary N) is 1. The van der Waals surface area contributed by atoms with E-state index in [4.69, 9.17) is 10.5 Å². The Morgan fingerprint density at radius 1 is 1.32 bits per heavy atom. The average molecular weight is 255 g/mol. The number of nitrogens with zero attached hydrogens (tertiary/aromatic N) is 1. The van der Waals surface area contributed by atoms with Gasteiger partial charge in [-0.15, -0.1) is 0 Å². The summed E-state index contributed by atoms with van der Waals surface area (Å²) in [5.74, 6) is 2.61. The first kappa shape index (κ1) is 11.1. The second-order valence-electron chi connectivity index (χ2n) is 5.53. The fourth-order valence-electron chi connectivity index (χ4n) is 2.93. The third-order valence-electron chi connectivity index (χ3n) is 4.16. The summed E-state index contributed by atoms with van der Waals surface area (Å²) in [4.78, 5) is 7.94. The minimum Gasteiger partial charge on any atom is -0.493 e. The second kappa shape index (κ2) is 4.10. The fourth-order valence-corrected chi connectivity index (χ4v) is 2.93. The first-order chi connectivity index (χ1) is 9.29. The molecule has 1 aliphatic carbocycles. The highest BCUT2D eigenvalue weighted by Crippen LogP contribution is 2.35. The monoisotopic (exact) mass is 255 g/mol. The van der Waals surface area contributed by atoms with E-state index in [1.54, 1.807) is 0 Å². The van der Waals surface area contributed by atoms with Gasteiger partial charge in [0.2, 0.25) is 0 Å². The van der Waals surface area contributed by atoms with Crippen LogP contribution in [0, 0.1) is 0 Å². The predicted octanol–water partition coefficient (Wildman–Crippen LogP) is 2.22. The second-order valence-corrected chi connectivity index (χ2v) is 5.53. The number of H-pyrrole nitrogens is 1. The van der Waals surface area contributed by atoms with Crippen LogP contribution in [0.2, 0.25) is 0 Å². The zero-order valence-electron chi connectivity index (χ0n) is 10.7. The van der Waals surface area contributed by atoms with E-state index in [-0.39, 0.29) is 0 Å². The molecule has 0 atom stereocenters. The van der Waals surface area contributed by atoms with Crippen molar-refractivity contribution in [3.05, 3.63) is 35.8 Å². The molecule has 0 amide bonds. The van der Waals surface area contributed by atoms with Crippen molar-refractivity contribution >= 4 is 0 Å². The number of imidazole rings is 1. The first-order valence-corrected chi connectivity index (χ1v) is 6.86. The van der Waals surface area contributed by atoms with Gasteiger partial charge in [-0.3, -0.25) is 0 Å². The lowest BCUT2D eigenvalue weighted by atomic mass is 9.80. The molecule has 2 aromatic rings. The molecule has 0 bridgehead atoms. The quantitative estimate of drug-likeness (QED) is 0.864. The van der Waals surface area contributed by atoms with Crippen LogP contribution in [0.1, 0.15) is 30.1 Å². The number of hydrogen-bond acceptors (Lipinski definition) is 3. The maximum atomic E-state index is 5.83. The van der Waals surface area contributed by atoms with Crippen molar-refractivity contribution in [2.45, 2.75) is 31.2 Å². The third kappa shape index (κ3) is 1.83. The van der Waals surface area contributed by atoms with Gasteiger partial charge in [0.15, 0.2) is 0 Å². The van der Waals surface area contributed by atoms with Crippen molar-refractivity contribution in [3.8, 4) is 17.0 Å². The molecule has 0 saturated heterocycles. The fraction of sp³-hybridized carbons (Fsp3) is 0.400. The standard InChI is InChI=1S/C15H17N3O/c16-12-6-11(7-12)15-17-8-13(18-15)9-1-2-14-10(5-9)3-4-19-14/h1-2,5,8,11-12H,3-4,6-7,16H2,(H,17,18). The van der Waals surface area contributed by atoms with Gasteiger partial charge in [-0.05, 0) is 36.6 Å². The summed E-state index contributed by atoms with van der Waals surface area (Å²) in [6, 6.07) is 6.70. The summed E-state index contributed by atoms with van der Waals surface area (Å²) in [5.41, 5.74) is 9.40. The normalized spacial score (nSPS) is 24.7. The van der Waals surface area contributed by atoms with E-state index in [0.717, 1.165) is 43.1 Å². The number of benzene rings is 1. The average Bonchev–Trinajstić information content (AvgIpc) is 3.02. The number of ether oxygens (including phenoxy) is 1. The summed E-state index contributed by atoms with van der Waals surface area (Å²) in [7, 11) is 0. The Hall–Kier alpha value is -1.81. The molecular formula is C15H17N3O. The van der Waals surface area contributed by atoms with E-state index >= 15 is 0 Å². The van der Waals surface area contributed by atoms with E-state index in [0.29, 0.717) is 12.0 Å². The number of aromatic nitrogens is 2. The molecule has 2 heterocycles. The number of hydrogen-bond donors (Lipinski definition) is 2. The van der Waals surface area contributed by atoms with Crippen LogP contribution in [0.4, 0.5) is 0 Å². The van der Waals surface area contributed by atoms with Crippen molar-refractivity contribution in [2.75, 3.05) is 6.61 Å². The van der Waals surface area contributed by atoms with E-state index in [1.165, 1.54) is 11.1 Å². The van der Waals surface area contributed by atoms with Crippen molar-refractivity contribution in [1.82, 2.24) is 9.97 Å². The molecule has 1 saturated carbocycles. The van der Waals surface area contributed by atoms with Crippen molar-refractivity contribution in [1.29, 1.82) is 0 Å². The van der Waals surface area contributed by atoms with Crippen LogP contribution < -0.4 is 10.5 Å². The lowest BCUT2D eigenvalue weighted by Crippen LogP contribution is -2.35. The Labute approximate surface area is 112 Å². The predicted molar refractivity (Wildman–Crippen MR) is 73.2 cm³/mol. The zero-order valence-corrected chi connectivity index (χ0v) is 10.7. The van der Waals surface area contributed by atoms with Gasteiger partial charge >= 0.3 is 0 Å². The molecule has 1 aromatic heterocycles. The van der Waals surface area contributed by atoms with Crippen molar-refractivity contribution in [2.24, 2.45) is 5.73 Å². The van der Waals surface area contributed by atoms with Gasteiger partial charge in [-0.2, -0.15) is 0 Å². The molecule has 19 heavy (non-hydrogen) atoms. The molecule has 98 valence electrons. The maximum absolute atomic E-state index is 5.83. The van der Waals surface area contributed by atoms with Crippen molar-refractivity contribution in [3.63, 3.8) is 0 Å². The smallest absolute Gasteiger partial charge is 0.122 e. The van der Waals surface area contributed by atoms with Gasteiger partial charge in [-0.25, -0.2) is 4.98 Å². The van der Waals surface area contributed by atoms with E-state index in [1.807, 2.05) is 6.20 Å². The summed E-state index contributed by atoms with van der Waals surface area (Å²) in [5, 5.41) is 0. The Bertz CT molecular complexity index is 614. The van der Waals surface area contributed by atoms with Gasteiger partial charge in [0, 0.05) is 23.9 Å². The molecule has 3 N–H and O–H groups in total. The third-order valence-corrected chi connectivity index (χ3v) is 4.16. The lowest BCUT2D eigenvalue weighted by Gasteiger charge is -2.30. The largest absolute Gasteiger partial charge is 0.493 e. The van der Waals surface area contributed by atoms with E-state index in [9.17, 15) is 0 Å². The van der Waals surface area contributed by atoms with Crippen LogP contribution in [-0.4, -0.2) is 22.6 Å². The lowest BCUT2D eigenvalue weighted by molar-refractivity contribution is 0.340. The van der Waals surface area contributed by atoms with Crippen molar-refractivity contribution < 1.29 is 4.74 Å². The van der Waals surface area contributed by atoms with Gasteiger partial charge < -0.3 is 15.5 Å². The highest BCUT2D eigenvalue weighted by Gasteiger charge is 2.29. The number of aromatic amines is 1. The van der Waals surface area contributed by atoms with Crippen LogP contribution in [0.3, 0.4) is 0 Å². The Morgan fingerprint density at radius 2 is 2.21 bits per heavy atom. The Balaban J connectivity index is 1.62. The van der Waals surface area contributed by atoms with E-state index < -0.39 is 0 Å². The highest BCUT2D eigenvalue weighted by atomic mass is 16.5. The molecule has 1 aromatic carbocycles. The molecular weight excluding hydrogens is 238 g/mol. The van der Waals surface area contributed by atoms with Crippen LogP contribution in [0.5, 0.6) is 5.75 Å². The number of rotatable bonds is 2. The van der Waals surface area contributed by atoms with Crippen LogP contribution >= 0.6 is 0 Å². The molecule has 4 heteroatoms. The minimum absolute atomic E-state index is 0.357. The Morgan fingerprint density at radius 3 is 3.05 bits per heavy atom. The van der Waals surface area contributed by atoms with Gasteiger partial charge in [0.05, 0.1) is 18.5 Å². The van der Waals surface area contributed by atoms with Crippen LogP contribution in [0.25, 0.3) is 11.3 Å². The molecule has 0 unspecified atom stereocenters. The zero-order chi connectivity index (χ0) is 12.8. The molecule has 1 fully saturated rings. The summed E-state index contributed by atoms with van der Waals surface area (Å²) in [6.07, 6.45) is 5.02. The van der Waals surface area contributed by atoms with Gasteiger partial charge in [0.25, 0.3) is 0 Å². The maximum Gasteiger partial charge on any atom is 0.122 e. The van der Waals surface area contributed by atoms with Crippen LogP contribution in [-0.2, 0) is 6.42 Å². The molecule has 0 radical (unpaired) electrons. The summed E-state index contributed by atoms with van der Waals surface area (Å²) >= 11 is 0. The molecule has 0 spiro atoms. The first-order valence-electron chi connectivity index (χ1n) is 6.86. The van der Waals surface area contributed by atoms with Gasteiger partial charge in [0.1, 0.15) is 11.6 Å². The van der Waals surface area contributed by atoms with Gasteiger partial charge in [-0.1, -0.05) is 0 Å². The number of fused-ring (bicyclic) bond motifs is 1. The molecule has 2 aliphatic rings. The van der Waals surface area contributed by atoms with E-state index in [2.05, 4.69) is 28.2 Å². The van der Waals surface area contributed by atoms with Crippen LogP contribution in [0.15, 0.2) is 24.4 Å². The number of nitrogens with one attached hydrogen (secondary N) is 1. The minimum atomic E-state index is 0.357. The summed E-state index contributed by atoms with van der Waals surface area (Å²) < 4.78 is 5.53. The molecule has 4 rings (SSSR count). The highest BCUT2D eigenvalue weighted by molar-refractivity contribution is 5.62. The topological polar surface area (TPSA) is 63.9 Å². The molecule has 4 nitrogen and oxygen atoms in total. The Kier molecular flexibility index (Phi) is 2.38. The SMILES string of the molecule is NC1CC(c2ncc(-c3ccc4c(c3)CCO4)[nH]2)C1. The molecule has 1 aliphatic heterocycles. The summed E-state index contributed by atoms with van der Waals surface area (Å²) in [6.45, 7) is 0.799.